The van der Waals surface area contributed by atoms with Crippen LogP contribution in [0.15, 0.2) is 0 Å². The van der Waals surface area contributed by atoms with E-state index in [0.717, 1.165) is 154 Å². The lowest BCUT2D eigenvalue weighted by Gasteiger charge is -2.30. The maximum absolute atomic E-state index is 14.5. The number of ether oxygens (including phenoxy) is 10. The van der Waals surface area contributed by atoms with E-state index in [2.05, 4.69) is 41.5 Å². The van der Waals surface area contributed by atoms with Gasteiger partial charge in [0.25, 0.3) is 0 Å². The van der Waals surface area contributed by atoms with Crippen LogP contribution in [0.3, 0.4) is 0 Å². The van der Waals surface area contributed by atoms with Crippen LogP contribution in [-0.4, -0.2) is 137 Å². The van der Waals surface area contributed by atoms with Crippen LogP contribution in [0.4, 0.5) is 0 Å². The second-order valence-corrected chi connectivity index (χ2v) is 37.3. The first kappa shape index (κ1) is 123. The number of Topliss-reactive ketones (excluding diaryl/α,β-unsaturated/α-hetero) is 2. The van der Waals surface area contributed by atoms with Crippen LogP contribution in [0.5, 0.6) is 0 Å². The third-order valence-corrected chi connectivity index (χ3v) is 24.7. The first-order chi connectivity index (χ1) is 62.6. The monoisotopic (exact) mass is 1820 g/mol. The number of hydrogen-bond acceptors (Lipinski definition) is 20. The van der Waals surface area contributed by atoms with Crippen molar-refractivity contribution in [3.63, 3.8) is 0 Å². The summed E-state index contributed by atoms with van der Waals surface area (Å²) < 4.78 is 57.5. The Kier molecular flexibility index (Phi) is 91.5. The molecular weight excluding hydrogens is 1620 g/mol. The lowest BCUT2D eigenvalue weighted by atomic mass is 9.94. The first-order valence-corrected chi connectivity index (χ1v) is 54.2. The Morgan fingerprint density at radius 2 is 0.312 bits per heavy atom. The predicted molar refractivity (Wildman–Crippen MR) is 518 cm³/mol. The largest absolute Gasteiger partial charge is 0.466 e. The first-order valence-electron chi connectivity index (χ1n) is 54.2. The molecule has 0 fully saturated rings. The summed E-state index contributed by atoms with van der Waals surface area (Å²) >= 11 is 0. The summed E-state index contributed by atoms with van der Waals surface area (Å²) in [5.41, 5.74) is -4.87. The molecule has 0 aromatic carbocycles. The fraction of sp³-hybridized carbons (Fsp3) is 0.907. The third kappa shape index (κ3) is 81.8. The van der Waals surface area contributed by atoms with Gasteiger partial charge in [-0.1, -0.05) is 465 Å². The molecule has 0 aromatic rings. The van der Waals surface area contributed by atoms with Crippen molar-refractivity contribution < 1.29 is 95.3 Å². The molecule has 128 heavy (non-hydrogen) atoms. The Hall–Kier alpha value is -4.98. The van der Waals surface area contributed by atoms with Gasteiger partial charge in [0.2, 0.25) is 11.2 Å². The van der Waals surface area contributed by atoms with E-state index < -0.39 is 122 Å². The predicted octanol–water partition coefficient (Wildman–Crippen LogP) is 29.3. The van der Waals surface area contributed by atoms with Crippen LogP contribution >= 0.6 is 0 Å². The Morgan fingerprint density at radius 1 is 0.164 bits per heavy atom. The fourth-order valence-electron chi connectivity index (χ4n) is 16.4. The van der Waals surface area contributed by atoms with Gasteiger partial charge in [-0.2, -0.15) is 0 Å². The molecule has 0 aliphatic carbocycles. The van der Waals surface area contributed by atoms with E-state index in [9.17, 15) is 47.9 Å². The molecule has 0 rings (SSSR count). The third-order valence-electron chi connectivity index (χ3n) is 24.7. The van der Waals surface area contributed by atoms with Gasteiger partial charge in [-0.25, -0.2) is 9.59 Å². The average Bonchev–Trinajstić information content (AvgIpc) is 0.816. The number of rotatable bonds is 103. The van der Waals surface area contributed by atoms with Gasteiger partial charge in [-0.3, -0.25) is 38.4 Å². The van der Waals surface area contributed by atoms with Gasteiger partial charge in [0.15, 0.2) is 11.6 Å². The topological polar surface area (TPSA) is 263 Å². The molecule has 0 unspecified atom stereocenters. The molecule has 0 amide bonds. The number of carbonyl (C=O) groups is 10. The van der Waals surface area contributed by atoms with E-state index in [1.54, 1.807) is 0 Å². The zero-order chi connectivity index (χ0) is 93.5. The molecule has 20 nitrogen and oxygen atoms in total. The van der Waals surface area contributed by atoms with E-state index >= 15 is 0 Å². The van der Waals surface area contributed by atoms with Crippen molar-refractivity contribution in [3.05, 3.63) is 0 Å². The summed E-state index contributed by atoms with van der Waals surface area (Å²) in [4.78, 5) is 139. The molecule has 0 spiro atoms. The molecule has 20 heteroatoms. The highest BCUT2D eigenvalue weighted by atomic mass is 16.6. The highest BCUT2D eigenvalue weighted by Gasteiger charge is 2.51. The second kappa shape index (κ2) is 95.2. The van der Waals surface area contributed by atoms with Gasteiger partial charge in [-0.05, 0) is 38.5 Å². The van der Waals surface area contributed by atoms with Crippen LogP contribution in [0.2, 0.25) is 0 Å². The van der Waals surface area contributed by atoms with Crippen molar-refractivity contribution in [1.29, 1.82) is 0 Å². The van der Waals surface area contributed by atoms with Crippen molar-refractivity contribution in [2.24, 2.45) is 0 Å². The molecule has 0 heterocycles. The standard InChI is InChI=1S/C108H198O20/c1-7-13-19-25-31-37-43-49-55-61-67-73-83-121-101(113)91-107(105(117)125-87-77-71-65-59-53-47-41-35-29-23-17-11-5,92-102(114)122-84-74-68-62-56-50-44-38-32-26-20-14-8-2)127-99(111)81-79-97(109)95-119-89-90-120-96-98(110)80-82-100(112)128-108(106(118)126-88-78-72-66-60-54-48-42-36-30-24-18-12-6,93-103(115)123-85-75-69-63-57-51-45-39-33-27-21-15-9-3)94-104(116)124-86-76-70-64-58-52-46-40-34-28-22-16-10-4/h7-96H2,1-6H3. The molecule has 0 radical (unpaired) electrons. The van der Waals surface area contributed by atoms with Crippen molar-refractivity contribution >= 4 is 59.3 Å². The molecule has 0 bridgehead atoms. The van der Waals surface area contributed by atoms with E-state index in [1.807, 2.05) is 0 Å². The van der Waals surface area contributed by atoms with Gasteiger partial charge in [0, 0.05) is 12.8 Å². The van der Waals surface area contributed by atoms with Gasteiger partial charge in [0.1, 0.15) is 13.2 Å². The Balaban J connectivity index is 6.33. The molecule has 0 aromatic heterocycles. The number of carbonyl (C=O) groups excluding carboxylic acids is 10. The minimum atomic E-state index is -2.43. The maximum Gasteiger partial charge on any atom is 0.351 e. The normalized spacial score (nSPS) is 11.6. The highest BCUT2D eigenvalue weighted by Crippen LogP contribution is 2.31. The summed E-state index contributed by atoms with van der Waals surface area (Å²) in [5, 5.41) is 0. The zero-order valence-electron chi connectivity index (χ0n) is 83.8. The SMILES string of the molecule is CCCCCCCCCCCCCCOC(=O)CC(CC(=O)OCCCCCCCCCCCCCC)(OC(=O)CCC(=O)COCCOCC(=O)CCC(=O)OC(CC(=O)OCCCCCCCCCCCCCC)(CC(=O)OCCCCCCCCCCCCCC)C(=O)OCCCCCCCCCCCCCC)C(=O)OCCCCCCCCCCCCCC. The Labute approximate surface area is 783 Å². The molecule has 0 aliphatic rings. The number of unbranched alkanes of at least 4 members (excludes halogenated alkanes) is 66. The van der Waals surface area contributed by atoms with Crippen molar-refractivity contribution in [2.75, 3.05) is 66.1 Å². The minimum absolute atomic E-state index is 0.0281. The molecule has 0 saturated carbocycles. The second-order valence-electron chi connectivity index (χ2n) is 37.3. The van der Waals surface area contributed by atoms with Gasteiger partial charge >= 0.3 is 47.8 Å². The van der Waals surface area contributed by atoms with Crippen LogP contribution in [0, 0.1) is 0 Å². The number of esters is 8. The molecular formula is C108H198O20. The molecule has 0 aliphatic heterocycles. The zero-order valence-corrected chi connectivity index (χ0v) is 83.8. The highest BCUT2D eigenvalue weighted by molar-refractivity contribution is 5.94. The van der Waals surface area contributed by atoms with Crippen molar-refractivity contribution in [2.45, 2.75) is 566 Å². The summed E-state index contributed by atoms with van der Waals surface area (Å²) in [5.74, 6) is -8.53. The van der Waals surface area contributed by atoms with Gasteiger partial charge < -0.3 is 47.4 Å². The van der Waals surface area contributed by atoms with Crippen LogP contribution < -0.4 is 0 Å². The van der Waals surface area contributed by atoms with Crippen molar-refractivity contribution in [3.8, 4) is 0 Å². The maximum atomic E-state index is 14.5. The van der Waals surface area contributed by atoms with E-state index in [1.165, 1.54) is 270 Å². The smallest absolute Gasteiger partial charge is 0.351 e. The Bertz CT molecular complexity index is 2330. The lowest BCUT2D eigenvalue weighted by Crippen LogP contribution is -2.49. The summed E-state index contributed by atoms with van der Waals surface area (Å²) in [7, 11) is 0. The molecule has 750 valence electrons. The fourth-order valence-corrected chi connectivity index (χ4v) is 16.4. The molecule has 0 N–H and O–H groups in total. The van der Waals surface area contributed by atoms with Crippen LogP contribution in [0.1, 0.15) is 555 Å². The summed E-state index contributed by atoms with van der Waals surface area (Å²) in [6.07, 6.45) is 75.2. The molecule has 0 saturated heterocycles. The quantitative estimate of drug-likeness (QED) is 0.0311. The minimum Gasteiger partial charge on any atom is -0.466 e. The average molecular weight is 1820 g/mol. The summed E-state index contributed by atoms with van der Waals surface area (Å²) in [6.45, 7) is 12.4. The van der Waals surface area contributed by atoms with E-state index in [-0.39, 0.29) is 65.7 Å². The Morgan fingerprint density at radius 3 is 0.477 bits per heavy atom. The number of hydrogen-bond donors (Lipinski definition) is 0. The van der Waals surface area contributed by atoms with E-state index in [0.29, 0.717) is 38.5 Å². The lowest BCUT2D eigenvalue weighted by molar-refractivity contribution is -0.192. The summed E-state index contributed by atoms with van der Waals surface area (Å²) in [6, 6.07) is 0. The number of ketones is 2. The van der Waals surface area contributed by atoms with Crippen molar-refractivity contribution in [1.82, 2.24) is 0 Å². The van der Waals surface area contributed by atoms with Crippen LogP contribution in [0.25, 0.3) is 0 Å². The van der Waals surface area contributed by atoms with Gasteiger partial charge in [-0.15, -0.1) is 0 Å². The molecule has 0 atom stereocenters. The van der Waals surface area contributed by atoms with Gasteiger partial charge in [0.05, 0.1) is 91.4 Å². The van der Waals surface area contributed by atoms with Crippen LogP contribution in [-0.2, 0) is 95.3 Å². The van der Waals surface area contributed by atoms with E-state index in [4.69, 9.17) is 47.4 Å².